The van der Waals surface area contributed by atoms with Gasteiger partial charge in [0.05, 0.1) is 5.56 Å². The molecular formula is C11H13F2NO2. The molecule has 3 nitrogen and oxygen atoms in total. The van der Waals surface area contributed by atoms with Gasteiger partial charge in [-0.15, -0.1) is 0 Å². The molecule has 0 saturated heterocycles. The second-order valence-electron chi connectivity index (χ2n) is 4.39. The fraction of sp³-hybridized carbons (Fsp3) is 0.364. The highest BCUT2D eigenvalue weighted by Gasteiger charge is 2.20. The summed E-state index contributed by atoms with van der Waals surface area (Å²) in [5.74, 6) is -3.12. The number of carboxylic acid groups (broad SMARTS) is 1. The smallest absolute Gasteiger partial charge is 0.335 e. The molecule has 0 heterocycles. The van der Waals surface area contributed by atoms with Gasteiger partial charge in [0.1, 0.15) is 11.6 Å². The van der Waals surface area contributed by atoms with Crippen molar-refractivity contribution in [1.29, 1.82) is 0 Å². The lowest BCUT2D eigenvalue weighted by Crippen LogP contribution is -2.35. The molecule has 88 valence electrons. The number of carboxylic acids is 1. The van der Waals surface area contributed by atoms with Gasteiger partial charge < -0.3 is 10.8 Å². The highest BCUT2D eigenvalue weighted by molar-refractivity contribution is 5.87. The third-order valence-electron chi connectivity index (χ3n) is 2.02. The number of halogens is 2. The van der Waals surface area contributed by atoms with Crippen LogP contribution in [0.3, 0.4) is 0 Å². The quantitative estimate of drug-likeness (QED) is 0.832. The molecule has 0 aromatic heterocycles. The molecular weight excluding hydrogens is 216 g/mol. The molecule has 1 aromatic carbocycles. The minimum Gasteiger partial charge on any atom is -0.478 e. The number of nitrogens with two attached hydrogens (primary N) is 1. The van der Waals surface area contributed by atoms with E-state index >= 15 is 0 Å². The highest BCUT2D eigenvalue weighted by atomic mass is 19.1. The first kappa shape index (κ1) is 12.6. The fourth-order valence-corrected chi connectivity index (χ4v) is 1.35. The van der Waals surface area contributed by atoms with Gasteiger partial charge in [0.25, 0.3) is 0 Å². The van der Waals surface area contributed by atoms with E-state index in [2.05, 4.69) is 0 Å². The van der Waals surface area contributed by atoms with Gasteiger partial charge in [-0.1, -0.05) is 0 Å². The van der Waals surface area contributed by atoms with E-state index in [0.717, 1.165) is 12.1 Å². The first-order valence-corrected chi connectivity index (χ1v) is 4.71. The predicted molar refractivity (Wildman–Crippen MR) is 55.3 cm³/mol. The van der Waals surface area contributed by atoms with Crippen LogP contribution in [0.25, 0.3) is 0 Å². The maximum Gasteiger partial charge on any atom is 0.335 e. The Labute approximate surface area is 91.9 Å². The van der Waals surface area contributed by atoms with E-state index in [4.69, 9.17) is 10.8 Å². The fourth-order valence-electron chi connectivity index (χ4n) is 1.35. The molecule has 1 aromatic rings. The molecule has 16 heavy (non-hydrogen) atoms. The minimum atomic E-state index is -1.36. The first-order valence-electron chi connectivity index (χ1n) is 4.71. The Kier molecular flexibility index (Phi) is 3.28. The van der Waals surface area contributed by atoms with Crippen LogP contribution in [0, 0.1) is 11.6 Å². The summed E-state index contributed by atoms with van der Waals surface area (Å²) in [6, 6.07) is 1.60. The monoisotopic (exact) mass is 229 g/mol. The number of benzene rings is 1. The summed E-state index contributed by atoms with van der Waals surface area (Å²) in [4.78, 5) is 10.5. The lowest BCUT2D eigenvalue weighted by Gasteiger charge is -2.19. The lowest BCUT2D eigenvalue weighted by molar-refractivity contribution is 0.0695. The van der Waals surface area contributed by atoms with Gasteiger partial charge in [-0.2, -0.15) is 0 Å². The topological polar surface area (TPSA) is 63.3 Å². The van der Waals surface area contributed by atoms with Crippen LogP contribution in [0.15, 0.2) is 12.1 Å². The molecule has 0 unspecified atom stereocenters. The Hall–Kier alpha value is -1.49. The first-order chi connectivity index (χ1) is 7.20. The van der Waals surface area contributed by atoms with Crippen molar-refractivity contribution in [2.45, 2.75) is 25.8 Å². The van der Waals surface area contributed by atoms with E-state index in [1.165, 1.54) is 0 Å². The van der Waals surface area contributed by atoms with Crippen LogP contribution >= 0.6 is 0 Å². The zero-order valence-corrected chi connectivity index (χ0v) is 9.05. The van der Waals surface area contributed by atoms with Crippen LogP contribution < -0.4 is 5.73 Å². The van der Waals surface area contributed by atoms with Gasteiger partial charge in [0, 0.05) is 11.1 Å². The van der Waals surface area contributed by atoms with Gasteiger partial charge in [-0.05, 0) is 32.4 Å². The Balaban J connectivity index is 3.18. The maximum absolute atomic E-state index is 13.4. The van der Waals surface area contributed by atoms with E-state index in [0.29, 0.717) is 0 Å². The molecule has 0 spiro atoms. The number of aromatic carboxylic acids is 1. The zero-order valence-electron chi connectivity index (χ0n) is 9.05. The van der Waals surface area contributed by atoms with Crippen molar-refractivity contribution < 1.29 is 18.7 Å². The van der Waals surface area contributed by atoms with Gasteiger partial charge >= 0.3 is 5.97 Å². The average molecular weight is 229 g/mol. The van der Waals surface area contributed by atoms with Crippen molar-refractivity contribution in [2.24, 2.45) is 5.73 Å². The van der Waals surface area contributed by atoms with Gasteiger partial charge in [0.15, 0.2) is 0 Å². The number of hydrogen-bond donors (Lipinski definition) is 2. The van der Waals surface area contributed by atoms with E-state index in [1.807, 2.05) is 0 Å². The highest BCUT2D eigenvalue weighted by Crippen LogP contribution is 2.19. The average Bonchev–Trinajstić information content (AvgIpc) is 2.09. The summed E-state index contributed by atoms with van der Waals surface area (Å²) in [5, 5.41) is 8.60. The second kappa shape index (κ2) is 4.17. The van der Waals surface area contributed by atoms with E-state index in [9.17, 15) is 13.6 Å². The third-order valence-corrected chi connectivity index (χ3v) is 2.02. The molecule has 0 aliphatic heterocycles. The molecule has 0 amide bonds. The third kappa shape index (κ3) is 3.00. The Bertz CT molecular complexity index is 401. The van der Waals surface area contributed by atoms with Crippen LogP contribution in [0.2, 0.25) is 0 Å². The van der Waals surface area contributed by atoms with Gasteiger partial charge in [0.2, 0.25) is 0 Å². The SMILES string of the molecule is CC(C)(N)Cc1c(F)cc(C(=O)O)cc1F. The van der Waals surface area contributed by atoms with E-state index in [-0.39, 0.29) is 12.0 Å². The second-order valence-corrected chi connectivity index (χ2v) is 4.39. The Morgan fingerprint density at radius 3 is 2.12 bits per heavy atom. The summed E-state index contributed by atoms with van der Waals surface area (Å²) < 4.78 is 26.9. The van der Waals surface area contributed by atoms with Crippen LogP contribution in [0.1, 0.15) is 29.8 Å². The predicted octanol–water partition coefficient (Wildman–Crippen LogP) is 1.94. The molecule has 0 bridgehead atoms. The number of rotatable bonds is 3. The molecule has 0 aliphatic carbocycles. The van der Waals surface area contributed by atoms with E-state index < -0.39 is 28.7 Å². The van der Waals surface area contributed by atoms with Gasteiger partial charge in [-0.25, -0.2) is 13.6 Å². The largest absolute Gasteiger partial charge is 0.478 e. The molecule has 5 heteroatoms. The molecule has 1 rings (SSSR count). The number of hydrogen-bond acceptors (Lipinski definition) is 2. The summed E-state index contributed by atoms with van der Waals surface area (Å²) in [6.45, 7) is 3.27. The maximum atomic E-state index is 13.4. The summed E-state index contributed by atoms with van der Waals surface area (Å²) in [7, 11) is 0. The van der Waals surface area contributed by atoms with Crippen molar-refractivity contribution in [3.05, 3.63) is 34.9 Å². The Morgan fingerprint density at radius 2 is 1.81 bits per heavy atom. The van der Waals surface area contributed by atoms with Crippen LogP contribution in [-0.2, 0) is 6.42 Å². The van der Waals surface area contributed by atoms with Crippen LogP contribution in [0.4, 0.5) is 8.78 Å². The van der Waals surface area contributed by atoms with Crippen LogP contribution in [0.5, 0.6) is 0 Å². The lowest BCUT2D eigenvalue weighted by atomic mass is 9.94. The molecule has 0 saturated carbocycles. The van der Waals surface area contributed by atoms with E-state index in [1.54, 1.807) is 13.8 Å². The molecule has 0 radical (unpaired) electrons. The van der Waals surface area contributed by atoms with Crippen molar-refractivity contribution in [3.8, 4) is 0 Å². The standard InChI is InChI=1S/C11H13F2NO2/c1-11(2,14)5-7-8(12)3-6(10(15)16)4-9(7)13/h3-4H,5,14H2,1-2H3,(H,15,16). The summed E-state index contributed by atoms with van der Waals surface area (Å²) in [6.07, 6.45) is 0.00453. The number of carbonyl (C=O) groups is 1. The molecule has 0 aliphatic rings. The van der Waals surface area contributed by atoms with Crippen molar-refractivity contribution in [3.63, 3.8) is 0 Å². The van der Waals surface area contributed by atoms with Gasteiger partial charge in [-0.3, -0.25) is 0 Å². The molecule has 3 N–H and O–H groups in total. The minimum absolute atomic E-state index is 0.00453. The normalized spacial score (nSPS) is 11.6. The molecule has 0 atom stereocenters. The molecule has 0 fully saturated rings. The van der Waals surface area contributed by atoms with Crippen molar-refractivity contribution in [2.75, 3.05) is 0 Å². The Morgan fingerprint density at radius 1 is 1.38 bits per heavy atom. The van der Waals surface area contributed by atoms with Crippen molar-refractivity contribution >= 4 is 5.97 Å². The van der Waals surface area contributed by atoms with Crippen LogP contribution in [-0.4, -0.2) is 16.6 Å². The summed E-state index contributed by atoms with van der Waals surface area (Å²) in [5.41, 5.74) is 4.30. The van der Waals surface area contributed by atoms with Crippen molar-refractivity contribution in [1.82, 2.24) is 0 Å². The summed E-state index contributed by atoms with van der Waals surface area (Å²) >= 11 is 0. The zero-order chi connectivity index (χ0) is 12.5.